The van der Waals surface area contributed by atoms with Crippen LogP contribution in [-0.2, 0) is 9.59 Å². The first-order chi connectivity index (χ1) is 18.7. The number of nitriles is 1. The number of carbonyl (C=O) groups excluding carboxylic acids is 2. The van der Waals surface area contributed by atoms with Crippen LogP contribution in [0.3, 0.4) is 0 Å². The molecule has 3 aromatic rings. The molecule has 4 rings (SSSR count). The highest BCUT2D eigenvalue weighted by atomic mass is 16.5. The standard InChI is InChI=1S/C31H30N2O6/c1-17(2)22-15-23(18(3)14-25(22)38-5)28(34)26-27(21-8-7-9-24(37-4)30(21)39-6)33(31(36)29(26)35)20-12-10-19(16-32)11-13-20/h7-15,17,27,34H,1-6H3/b28-26+. The number of hydrogen-bond donors (Lipinski definition) is 1. The maximum Gasteiger partial charge on any atom is 0.300 e. The van der Waals surface area contributed by atoms with E-state index in [2.05, 4.69) is 6.07 Å². The SMILES string of the molecule is COc1cc(C)c(/C(O)=C2\C(=O)C(=O)N(c3ccc(C#N)cc3)C2c2cccc(OC)c2OC)cc1C(C)C. The van der Waals surface area contributed by atoms with Crippen LogP contribution in [0, 0.1) is 18.3 Å². The average Bonchev–Trinajstić information content (AvgIpc) is 3.21. The van der Waals surface area contributed by atoms with Crippen LogP contribution in [0.1, 0.15) is 53.6 Å². The second-order valence-corrected chi connectivity index (χ2v) is 9.47. The fourth-order valence-electron chi connectivity index (χ4n) is 4.94. The molecule has 8 heteroatoms. The Hall–Kier alpha value is -4.77. The van der Waals surface area contributed by atoms with Crippen molar-refractivity contribution in [2.45, 2.75) is 32.7 Å². The van der Waals surface area contributed by atoms with Gasteiger partial charge in [-0.3, -0.25) is 14.5 Å². The topological polar surface area (TPSA) is 109 Å². The highest BCUT2D eigenvalue weighted by molar-refractivity contribution is 6.51. The lowest BCUT2D eigenvalue weighted by Crippen LogP contribution is -2.29. The first-order valence-electron chi connectivity index (χ1n) is 12.4. The zero-order valence-corrected chi connectivity index (χ0v) is 22.7. The van der Waals surface area contributed by atoms with E-state index in [1.165, 1.54) is 19.1 Å². The van der Waals surface area contributed by atoms with Crippen LogP contribution in [-0.4, -0.2) is 38.1 Å². The lowest BCUT2D eigenvalue weighted by Gasteiger charge is -2.27. The Balaban J connectivity index is 2.05. The van der Waals surface area contributed by atoms with Gasteiger partial charge in [0, 0.05) is 16.8 Å². The van der Waals surface area contributed by atoms with E-state index in [1.807, 2.05) is 19.9 Å². The maximum atomic E-state index is 13.7. The van der Waals surface area contributed by atoms with Gasteiger partial charge >= 0.3 is 0 Å². The minimum atomic E-state index is -1.04. The lowest BCUT2D eigenvalue weighted by molar-refractivity contribution is -0.132. The van der Waals surface area contributed by atoms with Crippen LogP contribution in [0.4, 0.5) is 5.69 Å². The summed E-state index contributed by atoms with van der Waals surface area (Å²) in [6.45, 7) is 5.81. The average molecular weight is 527 g/mol. The van der Waals surface area contributed by atoms with Gasteiger partial charge in [0.15, 0.2) is 11.5 Å². The Kier molecular flexibility index (Phi) is 7.63. The van der Waals surface area contributed by atoms with Crippen molar-refractivity contribution >= 4 is 23.1 Å². The lowest BCUT2D eigenvalue weighted by atomic mass is 9.90. The molecule has 0 aliphatic carbocycles. The molecule has 1 heterocycles. The summed E-state index contributed by atoms with van der Waals surface area (Å²) in [7, 11) is 4.55. The summed E-state index contributed by atoms with van der Waals surface area (Å²) in [6, 6.07) is 16.1. The van der Waals surface area contributed by atoms with E-state index < -0.39 is 17.7 Å². The van der Waals surface area contributed by atoms with Gasteiger partial charge in [0.05, 0.1) is 44.6 Å². The van der Waals surface area contributed by atoms with Crippen molar-refractivity contribution in [3.63, 3.8) is 0 Å². The number of ether oxygens (including phenoxy) is 3. The van der Waals surface area contributed by atoms with Crippen molar-refractivity contribution < 1.29 is 28.9 Å². The highest BCUT2D eigenvalue weighted by Crippen LogP contribution is 2.47. The van der Waals surface area contributed by atoms with E-state index >= 15 is 0 Å². The summed E-state index contributed by atoms with van der Waals surface area (Å²) in [5, 5.41) is 21.0. The summed E-state index contributed by atoms with van der Waals surface area (Å²) in [6.07, 6.45) is 0. The molecule has 0 saturated carbocycles. The largest absolute Gasteiger partial charge is 0.507 e. The number of carbonyl (C=O) groups is 2. The molecule has 1 N–H and O–H groups in total. The molecule has 1 unspecified atom stereocenters. The van der Waals surface area contributed by atoms with Crippen molar-refractivity contribution in [1.29, 1.82) is 5.26 Å². The molecule has 0 radical (unpaired) electrons. The maximum absolute atomic E-state index is 13.7. The third-order valence-corrected chi connectivity index (χ3v) is 6.90. The third kappa shape index (κ3) is 4.68. The smallest absolute Gasteiger partial charge is 0.300 e. The van der Waals surface area contributed by atoms with Gasteiger partial charge in [-0.1, -0.05) is 26.0 Å². The number of aryl methyl sites for hydroxylation is 1. The van der Waals surface area contributed by atoms with Crippen LogP contribution < -0.4 is 19.1 Å². The quantitative estimate of drug-likeness (QED) is 0.241. The molecule has 0 bridgehead atoms. The van der Waals surface area contributed by atoms with Crippen LogP contribution in [0.2, 0.25) is 0 Å². The van der Waals surface area contributed by atoms with Gasteiger partial charge < -0.3 is 19.3 Å². The number of anilines is 1. The van der Waals surface area contributed by atoms with Crippen molar-refractivity contribution in [2.75, 3.05) is 26.2 Å². The molecule has 0 spiro atoms. The normalized spacial score (nSPS) is 16.4. The van der Waals surface area contributed by atoms with Gasteiger partial charge in [-0.2, -0.15) is 5.26 Å². The van der Waals surface area contributed by atoms with E-state index in [0.717, 1.165) is 5.56 Å². The van der Waals surface area contributed by atoms with Gasteiger partial charge in [-0.25, -0.2) is 0 Å². The van der Waals surface area contributed by atoms with Crippen molar-refractivity contribution in [3.05, 3.63) is 88.0 Å². The number of hydrogen-bond acceptors (Lipinski definition) is 7. The first kappa shape index (κ1) is 27.3. The van der Waals surface area contributed by atoms with Crippen molar-refractivity contribution in [2.24, 2.45) is 0 Å². The first-order valence-corrected chi connectivity index (χ1v) is 12.4. The van der Waals surface area contributed by atoms with Crippen LogP contribution in [0.5, 0.6) is 17.2 Å². The number of amides is 1. The number of aliphatic hydroxyl groups excluding tert-OH is 1. The zero-order chi connectivity index (χ0) is 28.4. The second-order valence-electron chi connectivity index (χ2n) is 9.47. The summed E-state index contributed by atoms with van der Waals surface area (Å²) in [4.78, 5) is 28.6. The Bertz CT molecular complexity index is 1520. The number of para-hydroxylation sites is 1. The highest BCUT2D eigenvalue weighted by Gasteiger charge is 2.48. The second kappa shape index (κ2) is 10.9. The van der Waals surface area contributed by atoms with Gasteiger partial charge in [-0.05, 0) is 66.4 Å². The van der Waals surface area contributed by atoms with Crippen molar-refractivity contribution in [3.8, 4) is 23.3 Å². The molecule has 0 aromatic heterocycles. The number of ketones is 1. The number of rotatable bonds is 7. The van der Waals surface area contributed by atoms with E-state index in [4.69, 9.17) is 14.2 Å². The number of benzene rings is 3. The van der Waals surface area contributed by atoms with Crippen molar-refractivity contribution in [1.82, 2.24) is 0 Å². The fourth-order valence-corrected chi connectivity index (χ4v) is 4.94. The molecule has 1 amide bonds. The molecule has 1 saturated heterocycles. The summed E-state index contributed by atoms with van der Waals surface area (Å²) in [5.74, 6) is -0.486. The Morgan fingerprint density at radius 3 is 2.21 bits per heavy atom. The summed E-state index contributed by atoms with van der Waals surface area (Å²) in [5.41, 5.74) is 3.11. The van der Waals surface area contributed by atoms with E-state index in [0.29, 0.717) is 45.2 Å². The van der Waals surface area contributed by atoms with Gasteiger partial charge in [0.1, 0.15) is 11.5 Å². The molecule has 1 aliphatic heterocycles. The van der Waals surface area contributed by atoms with Crippen LogP contribution >= 0.6 is 0 Å². The fraction of sp³-hybridized carbons (Fsp3) is 0.258. The van der Waals surface area contributed by atoms with E-state index in [9.17, 15) is 20.0 Å². The molecule has 200 valence electrons. The molecule has 3 aromatic carbocycles. The Labute approximate surface area is 227 Å². The summed E-state index contributed by atoms with van der Waals surface area (Å²) < 4.78 is 16.7. The monoisotopic (exact) mass is 526 g/mol. The molecule has 39 heavy (non-hydrogen) atoms. The molecule has 1 aliphatic rings. The number of Topliss-reactive ketones (excluding diaryl/α,β-unsaturated/α-hetero) is 1. The van der Waals surface area contributed by atoms with Crippen LogP contribution in [0.15, 0.2) is 60.2 Å². The molecular weight excluding hydrogens is 496 g/mol. The molecule has 1 fully saturated rings. The van der Waals surface area contributed by atoms with E-state index in [-0.39, 0.29) is 17.3 Å². The van der Waals surface area contributed by atoms with Gasteiger partial charge in [0.2, 0.25) is 0 Å². The Morgan fingerprint density at radius 1 is 0.974 bits per heavy atom. The van der Waals surface area contributed by atoms with Crippen LogP contribution in [0.25, 0.3) is 5.76 Å². The van der Waals surface area contributed by atoms with Gasteiger partial charge in [0.25, 0.3) is 11.7 Å². The Morgan fingerprint density at radius 2 is 1.64 bits per heavy atom. The minimum Gasteiger partial charge on any atom is -0.507 e. The van der Waals surface area contributed by atoms with E-state index in [1.54, 1.807) is 62.6 Å². The number of methoxy groups -OCH3 is 3. The third-order valence-electron chi connectivity index (χ3n) is 6.90. The predicted octanol–water partition coefficient (Wildman–Crippen LogP) is 5.64. The molecule has 1 atom stereocenters. The molecular formula is C31H30N2O6. The van der Waals surface area contributed by atoms with Gasteiger partial charge in [-0.15, -0.1) is 0 Å². The summed E-state index contributed by atoms with van der Waals surface area (Å²) >= 11 is 0. The predicted molar refractivity (Wildman–Crippen MR) is 147 cm³/mol. The molecule has 8 nitrogen and oxygen atoms in total. The zero-order valence-electron chi connectivity index (χ0n) is 22.7. The number of aliphatic hydroxyl groups is 1. The number of nitrogens with zero attached hydrogens (tertiary/aromatic N) is 2. The minimum absolute atomic E-state index is 0.0717.